The largest absolute Gasteiger partial charge is 0.493 e. The van der Waals surface area contributed by atoms with Gasteiger partial charge in [-0.2, -0.15) is 0 Å². The highest BCUT2D eigenvalue weighted by Gasteiger charge is 2.20. The van der Waals surface area contributed by atoms with Crippen LogP contribution in [0.15, 0.2) is 35.3 Å². The average molecular weight is 372 g/mol. The number of nitrogens with two attached hydrogens (primary N) is 3. The lowest BCUT2D eigenvalue weighted by atomic mass is 10.1. The molecule has 0 aliphatic rings. The van der Waals surface area contributed by atoms with Crippen molar-refractivity contribution in [2.75, 3.05) is 13.2 Å². The second-order valence-corrected chi connectivity index (χ2v) is 5.83. The zero-order valence-corrected chi connectivity index (χ0v) is 15.1. The molecule has 0 spiro atoms. The highest BCUT2D eigenvalue weighted by molar-refractivity contribution is 5.99. The van der Waals surface area contributed by atoms with E-state index in [1.165, 1.54) is 0 Å². The van der Waals surface area contributed by atoms with Gasteiger partial charge in [-0.1, -0.05) is 12.1 Å². The fourth-order valence-corrected chi connectivity index (χ4v) is 2.56. The minimum Gasteiger partial charge on any atom is -0.493 e. The van der Waals surface area contributed by atoms with Gasteiger partial charge < -0.3 is 27.3 Å². The van der Waals surface area contributed by atoms with Crippen molar-refractivity contribution in [1.29, 1.82) is 0 Å². The molecule has 0 saturated heterocycles. The number of ether oxygens (including phenoxy) is 1. The maximum Gasteiger partial charge on any atom is 0.270 e. The van der Waals surface area contributed by atoms with Gasteiger partial charge in [-0.15, -0.1) is 0 Å². The average Bonchev–Trinajstić information content (AvgIpc) is 2.63. The number of carbonyl (C=O) groups excluding carboxylic acids is 2. The van der Waals surface area contributed by atoms with Crippen molar-refractivity contribution < 1.29 is 14.3 Å². The van der Waals surface area contributed by atoms with E-state index >= 15 is 0 Å². The first kappa shape index (κ1) is 20.0. The number of primary amides is 1. The van der Waals surface area contributed by atoms with Crippen molar-refractivity contribution in [2.24, 2.45) is 22.2 Å². The number of rotatable bonds is 9. The van der Waals surface area contributed by atoms with Crippen molar-refractivity contribution >= 4 is 28.7 Å². The molecule has 7 N–H and O–H groups in total. The fraction of sp³-hybridized carbons (Fsp3) is 0.333. The Bertz CT molecular complexity index is 848. The number of para-hydroxylation sites is 1. The lowest BCUT2D eigenvalue weighted by molar-refractivity contribution is -0.120. The molecule has 0 fully saturated rings. The molecular formula is C18H24N6O3. The standard InChI is InChI=1S/C18H24N6O3/c1-2-27-15-10-14(23-12-7-4-3-6-11(12)15)17(26)24-13(16(19)25)8-5-9-22-18(20)21/h3-4,6-7,10,13H,2,5,8-9H2,1H3,(H2,19,25)(H,24,26)(H4,20,21,22)/t13-/m0/s1. The first-order valence-electron chi connectivity index (χ1n) is 8.60. The van der Waals surface area contributed by atoms with Gasteiger partial charge in [-0.25, -0.2) is 4.98 Å². The van der Waals surface area contributed by atoms with Crippen LogP contribution in [0.3, 0.4) is 0 Å². The number of fused-ring (bicyclic) bond motifs is 1. The summed E-state index contributed by atoms with van der Waals surface area (Å²) in [5.41, 5.74) is 16.7. The summed E-state index contributed by atoms with van der Waals surface area (Å²) >= 11 is 0. The lowest BCUT2D eigenvalue weighted by Crippen LogP contribution is -2.44. The van der Waals surface area contributed by atoms with Gasteiger partial charge in [0.15, 0.2) is 5.96 Å². The zero-order valence-electron chi connectivity index (χ0n) is 15.1. The van der Waals surface area contributed by atoms with Crippen LogP contribution in [-0.4, -0.2) is 42.0 Å². The van der Waals surface area contributed by atoms with Crippen molar-refractivity contribution in [3.63, 3.8) is 0 Å². The van der Waals surface area contributed by atoms with Crippen LogP contribution in [0.2, 0.25) is 0 Å². The van der Waals surface area contributed by atoms with Gasteiger partial charge in [0.25, 0.3) is 5.91 Å². The molecule has 9 nitrogen and oxygen atoms in total. The van der Waals surface area contributed by atoms with Gasteiger partial charge >= 0.3 is 0 Å². The Balaban J connectivity index is 2.17. The minimum atomic E-state index is -0.851. The SMILES string of the molecule is CCOc1cc(C(=O)N[C@@H](CCCN=C(N)N)C(N)=O)nc2ccccc12. The molecular weight excluding hydrogens is 348 g/mol. The molecule has 1 atom stereocenters. The van der Waals surface area contributed by atoms with Crippen LogP contribution in [-0.2, 0) is 4.79 Å². The van der Waals surface area contributed by atoms with E-state index in [9.17, 15) is 9.59 Å². The number of amides is 2. The number of carbonyl (C=O) groups is 2. The van der Waals surface area contributed by atoms with E-state index < -0.39 is 17.9 Å². The number of guanidine groups is 1. The van der Waals surface area contributed by atoms with E-state index in [0.29, 0.717) is 37.3 Å². The number of pyridine rings is 1. The van der Waals surface area contributed by atoms with Crippen molar-refractivity contribution in [2.45, 2.75) is 25.8 Å². The molecule has 1 heterocycles. The molecule has 1 aromatic carbocycles. The summed E-state index contributed by atoms with van der Waals surface area (Å²) in [4.78, 5) is 32.4. The smallest absolute Gasteiger partial charge is 0.270 e. The van der Waals surface area contributed by atoms with Crippen molar-refractivity contribution in [3.8, 4) is 5.75 Å². The van der Waals surface area contributed by atoms with E-state index in [2.05, 4.69) is 15.3 Å². The third-order valence-corrected chi connectivity index (χ3v) is 3.80. The Hall–Kier alpha value is -3.36. The normalized spacial score (nSPS) is 11.6. The lowest BCUT2D eigenvalue weighted by Gasteiger charge is -2.15. The summed E-state index contributed by atoms with van der Waals surface area (Å²) in [6.45, 7) is 2.64. The first-order valence-corrected chi connectivity index (χ1v) is 8.60. The molecule has 0 unspecified atom stereocenters. The molecule has 27 heavy (non-hydrogen) atoms. The van der Waals surface area contributed by atoms with Crippen LogP contribution in [0, 0.1) is 0 Å². The third-order valence-electron chi connectivity index (χ3n) is 3.80. The van der Waals surface area contributed by atoms with E-state index in [1.54, 1.807) is 12.1 Å². The van der Waals surface area contributed by atoms with Crippen LogP contribution >= 0.6 is 0 Å². The molecule has 0 radical (unpaired) electrons. The van der Waals surface area contributed by atoms with Gasteiger partial charge in [0.1, 0.15) is 17.5 Å². The Kier molecular flexibility index (Phi) is 6.93. The topological polar surface area (TPSA) is 159 Å². The van der Waals surface area contributed by atoms with Gasteiger partial charge in [0, 0.05) is 18.0 Å². The molecule has 9 heteroatoms. The van der Waals surface area contributed by atoms with Gasteiger partial charge in [-0.3, -0.25) is 14.6 Å². The van der Waals surface area contributed by atoms with E-state index in [0.717, 1.165) is 5.39 Å². The maximum atomic E-state index is 12.6. The zero-order chi connectivity index (χ0) is 19.8. The molecule has 2 amide bonds. The summed E-state index contributed by atoms with van der Waals surface area (Å²) in [6.07, 6.45) is 0.797. The summed E-state index contributed by atoms with van der Waals surface area (Å²) < 4.78 is 5.61. The number of benzene rings is 1. The first-order chi connectivity index (χ1) is 12.9. The predicted octanol–water partition coefficient (Wildman–Crippen LogP) is 0.271. The molecule has 144 valence electrons. The quantitative estimate of drug-likeness (QED) is 0.281. The number of hydrogen-bond acceptors (Lipinski definition) is 5. The van der Waals surface area contributed by atoms with Gasteiger partial charge in [0.05, 0.1) is 12.1 Å². The molecule has 1 aromatic heterocycles. The second kappa shape index (κ2) is 9.37. The Morgan fingerprint density at radius 1 is 1.26 bits per heavy atom. The Morgan fingerprint density at radius 3 is 2.67 bits per heavy atom. The molecule has 0 bridgehead atoms. The van der Waals surface area contributed by atoms with Crippen LogP contribution in [0.25, 0.3) is 10.9 Å². The minimum absolute atomic E-state index is 0.0292. The van der Waals surface area contributed by atoms with Gasteiger partial charge in [0.2, 0.25) is 5.91 Å². The summed E-state index contributed by atoms with van der Waals surface area (Å²) in [5, 5.41) is 3.42. The van der Waals surface area contributed by atoms with Crippen LogP contribution in [0.4, 0.5) is 0 Å². The number of nitrogens with zero attached hydrogens (tertiary/aromatic N) is 2. The number of nitrogens with one attached hydrogen (secondary N) is 1. The summed E-state index contributed by atoms with van der Waals surface area (Å²) in [5.74, 6) is -0.624. The molecule has 0 aliphatic carbocycles. The molecule has 0 aliphatic heterocycles. The van der Waals surface area contributed by atoms with Gasteiger partial charge in [-0.05, 0) is 31.9 Å². The Labute approximate surface area is 157 Å². The number of aromatic nitrogens is 1. The highest BCUT2D eigenvalue weighted by Crippen LogP contribution is 2.25. The van der Waals surface area contributed by atoms with Crippen molar-refractivity contribution in [3.05, 3.63) is 36.0 Å². The van der Waals surface area contributed by atoms with E-state index in [1.807, 2.05) is 25.1 Å². The highest BCUT2D eigenvalue weighted by atomic mass is 16.5. The van der Waals surface area contributed by atoms with Crippen molar-refractivity contribution in [1.82, 2.24) is 10.3 Å². The maximum absolute atomic E-state index is 12.6. The van der Waals surface area contributed by atoms with E-state index in [-0.39, 0.29) is 11.7 Å². The summed E-state index contributed by atoms with van der Waals surface area (Å²) in [6, 6.07) is 8.05. The van der Waals surface area contributed by atoms with E-state index in [4.69, 9.17) is 21.9 Å². The third kappa shape index (κ3) is 5.56. The van der Waals surface area contributed by atoms with Crippen LogP contribution in [0.5, 0.6) is 5.75 Å². The van der Waals surface area contributed by atoms with Crippen LogP contribution < -0.4 is 27.3 Å². The number of aliphatic imine (C=N–C) groups is 1. The number of hydrogen-bond donors (Lipinski definition) is 4. The predicted molar refractivity (Wildman–Crippen MR) is 103 cm³/mol. The monoisotopic (exact) mass is 372 g/mol. The Morgan fingerprint density at radius 2 is 2.00 bits per heavy atom. The molecule has 2 aromatic rings. The molecule has 2 rings (SSSR count). The van der Waals surface area contributed by atoms with Crippen LogP contribution in [0.1, 0.15) is 30.3 Å². The molecule has 0 saturated carbocycles. The fourth-order valence-electron chi connectivity index (χ4n) is 2.56. The summed E-state index contributed by atoms with van der Waals surface area (Å²) in [7, 11) is 0. The second-order valence-electron chi connectivity index (χ2n) is 5.83.